The molecule has 1 saturated carbocycles. The van der Waals surface area contributed by atoms with Crippen LogP contribution in [0.2, 0.25) is 0 Å². The average molecular weight is 408 g/mol. The minimum Gasteiger partial charge on any atom is -0.322 e. The maximum atomic E-state index is 12.7. The number of fused-ring (bicyclic) bond motifs is 1. The fourth-order valence-electron chi connectivity index (χ4n) is 4.62. The summed E-state index contributed by atoms with van der Waals surface area (Å²) in [6.45, 7) is 3.62. The highest BCUT2D eigenvalue weighted by atomic mass is 16.2. The van der Waals surface area contributed by atoms with Crippen LogP contribution in [0.4, 0.5) is 0 Å². The highest BCUT2D eigenvalue weighted by Crippen LogP contribution is 2.28. The first-order valence-electron chi connectivity index (χ1n) is 11.0. The topological polar surface area (TPSA) is 78.5 Å². The van der Waals surface area contributed by atoms with Crippen LogP contribution in [0.15, 0.2) is 18.2 Å². The van der Waals surface area contributed by atoms with Crippen molar-refractivity contribution in [2.24, 2.45) is 5.92 Å². The number of carbonyl (C=O) groups excluding carboxylic acids is 3. The number of nitrogens with zero attached hydrogens (tertiary/aromatic N) is 1. The molecule has 6 nitrogen and oxygen atoms in total. The van der Waals surface area contributed by atoms with Gasteiger partial charge >= 0.3 is 0 Å². The molecule has 6 heteroatoms. The zero-order valence-corrected chi connectivity index (χ0v) is 17.5. The lowest BCUT2D eigenvalue weighted by atomic mass is 9.87. The molecule has 0 bridgehead atoms. The molecule has 2 heterocycles. The van der Waals surface area contributed by atoms with Crippen molar-refractivity contribution in [3.8, 4) is 11.8 Å². The number of piperidine rings is 1. The number of benzene rings is 1. The highest BCUT2D eigenvalue weighted by Gasteiger charge is 2.38. The summed E-state index contributed by atoms with van der Waals surface area (Å²) in [4.78, 5) is 37.8. The van der Waals surface area contributed by atoms with Crippen molar-refractivity contribution in [2.75, 3.05) is 6.54 Å². The van der Waals surface area contributed by atoms with Gasteiger partial charge in [0, 0.05) is 43.1 Å². The van der Waals surface area contributed by atoms with Crippen LogP contribution in [0.25, 0.3) is 0 Å². The Morgan fingerprint density at radius 3 is 2.70 bits per heavy atom. The van der Waals surface area contributed by atoms with Crippen molar-refractivity contribution in [2.45, 2.75) is 70.5 Å². The Hall–Kier alpha value is -2.65. The monoisotopic (exact) mass is 407 g/mol. The zero-order valence-electron chi connectivity index (χ0n) is 17.5. The first kappa shape index (κ1) is 20.6. The minimum absolute atomic E-state index is 0.148. The van der Waals surface area contributed by atoms with Gasteiger partial charge in [-0.1, -0.05) is 18.8 Å². The van der Waals surface area contributed by atoms with Crippen molar-refractivity contribution in [1.82, 2.24) is 15.5 Å². The van der Waals surface area contributed by atoms with Gasteiger partial charge in [0.2, 0.25) is 11.8 Å². The lowest BCUT2D eigenvalue weighted by Crippen LogP contribution is -2.52. The Labute approximate surface area is 177 Å². The normalized spacial score (nSPS) is 26.1. The van der Waals surface area contributed by atoms with E-state index in [1.807, 2.05) is 12.1 Å². The molecule has 4 rings (SSSR count). The third kappa shape index (κ3) is 4.57. The van der Waals surface area contributed by atoms with Crippen LogP contribution in [0.1, 0.15) is 73.4 Å². The SMILES string of the molecule is C[C@H]1CC[C@@H](NCCC#Cc2ccc3c(c2)CN(C2CCC(=O)NC2=O)C3=O)CC1. The van der Waals surface area contributed by atoms with Crippen LogP contribution in [0, 0.1) is 17.8 Å². The Morgan fingerprint density at radius 1 is 1.13 bits per heavy atom. The molecule has 0 radical (unpaired) electrons. The molecule has 0 aromatic heterocycles. The number of imide groups is 1. The predicted molar refractivity (Wildman–Crippen MR) is 113 cm³/mol. The van der Waals surface area contributed by atoms with Gasteiger partial charge in [0.15, 0.2) is 0 Å². The lowest BCUT2D eigenvalue weighted by molar-refractivity contribution is -0.136. The molecular weight excluding hydrogens is 378 g/mol. The molecule has 0 spiro atoms. The second kappa shape index (κ2) is 9.01. The van der Waals surface area contributed by atoms with Gasteiger partial charge in [-0.15, -0.1) is 0 Å². The second-order valence-corrected chi connectivity index (χ2v) is 8.73. The molecule has 1 aromatic rings. The lowest BCUT2D eigenvalue weighted by Gasteiger charge is -2.29. The van der Waals surface area contributed by atoms with E-state index < -0.39 is 6.04 Å². The van der Waals surface area contributed by atoms with Crippen LogP contribution < -0.4 is 10.6 Å². The van der Waals surface area contributed by atoms with Gasteiger partial charge in [0.25, 0.3) is 5.91 Å². The number of hydrogen-bond donors (Lipinski definition) is 2. The van der Waals surface area contributed by atoms with Crippen LogP contribution >= 0.6 is 0 Å². The van der Waals surface area contributed by atoms with Crippen LogP contribution in [0.3, 0.4) is 0 Å². The van der Waals surface area contributed by atoms with Gasteiger partial charge in [-0.25, -0.2) is 0 Å². The van der Waals surface area contributed by atoms with E-state index in [9.17, 15) is 14.4 Å². The Balaban J connectivity index is 1.31. The summed E-state index contributed by atoms with van der Waals surface area (Å²) < 4.78 is 0. The molecular formula is C24H29N3O3. The first-order chi connectivity index (χ1) is 14.5. The molecule has 30 heavy (non-hydrogen) atoms. The van der Waals surface area contributed by atoms with Gasteiger partial charge in [0.05, 0.1) is 0 Å². The number of hydrogen-bond acceptors (Lipinski definition) is 4. The van der Waals surface area contributed by atoms with E-state index in [4.69, 9.17) is 0 Å². The van der Waals surface area contributed by atoms with E-state index in [0.717, 1.165) is 30.0 Å². The molecule has 3 aliphatic rings. The molecule has 1 unspecified atom stereocenters. The maximum Gasteiger partial charge on any atom is 0.255 e. The van der Waals surface area contributed by atoms with Crippen LogP contribution in [0.5, 0.6) is 0 Å². The number of nitrogens with one attached hydrogen (secondary N) is 2. The Morgan fingerprint density at radius 2 is 1.93 bits per heavy atom. The van der Waals surface area contributed by atoms with E-state index in [1.54, 1.807) is 11.0 Å². The standard InChI is InChI=1S/C24H29N3O3/c1-16-5-8-19(9-6-16)25-13-3-2-4-17-7-10-20-18(14-17)15-27(24(20)30)21-11-12-22(28)26-23(21)29/h7,10,14,16,19,21,25H,3,5-6,8-9,11-13,15H2,1H3,(H,26,28,29)/t16-,19+,21?. The third-order valence-electron chi connectivity index (χ3n) is 6.46. The summed E-state index contributed by atoms with van der Waals surface area (Å²) in [5, 5.41) is 5.94. The van der Waals surface area contributed by atoms with Crippen molar-refractivity contribution < 1.29 is 14.4 Å². The summed E-state index contributed by atoms with van der Waals surface area (Å²) in [7, 11) is 0. The van der Waals surface area contributed by atoms with Gasteiger partial charge in [0.1, 0.15) is 6.04 Å². The quantitative estimate of drug-likeness (QED) is 0.456. The Bertz CT molecular complexity index is 906. The van der Waals surface area contributed by atoms with Crippen molar-refractivity contribution in [3.63, 3.8) is 0 Å². The molecule has 1 aliphatic carbocycles. The van der Waals surface area contributed by atoms with Gasteiger partial charge in [-0.05, 0) is 61.8 Å². The predicted octanol–water partition coefficient (Wildman–Crippen LogP) is 2.36. The van der Waals surface area contributed by atoms with Crippen molar-refractivity contribution in [1.29, 1.82) is 0 Å². The van der Waals surface area contributed by atoms with Crippen molar-refractivity contribution >= 4 is 17.7 Å². The highest BCUT2D eigenvalue weighted by molar-refractivity contribution is 6.05. The van der Waals surface area contributed by atoms with Gasteiger partial charge in [-0.2, -0.15) is 0 Å². The van der Waals surface area contributed by atoms with E-state index in [2.05, 4.69) is 29.4 Å². The smallest absolute Gasteiger partial charge is 0.255 e. The third-order valence-corrected chi connectivity index (χ3v) is 6.46. The number of carbonyl (C=O) groups is 3. The first-order valence-corrected chi connectivity index (χ1v) is 11.0. The zero-order chi connectivity index (χ0) is 21.1. The summed E-state index contributed by atoms with van der Waals surface area (Å²) in [6.07, 6.45) is 6.59. The largest absolute Gasteiger partial charge is 0.322 e. The molecule has 158 valence electrons. The minimum atomic E-state index is -0.578. The van der Waals surface area contributed by atoms with Crippen LogP contribution in [-0.2, 0) is 16.1 Å². The van der Waals surface area contributed by atoms with Gasteiger partial charge < -0.3 is 10.2 Å². The summed E-state index contributed by atoms with van der Waals surface area (Å²) in [6, 6.07) is 5.67. The van der Waals surface area contributed by atoms with Gasteiger partial charge in [-0.3, -0.25) is 19.7 Å². The molecule has 3 amide bonds. The van der Waals surface area contributed by atoms with E-state index in [0.29, 0.717) is 24.6 Å². The second-order valence-electron chi connectivity index (χ2n) is 8.73. The molecule has 2 N–H and O–H groups in total. The molecule has 2 aliphatic heterocycles. The van der Waals surface area contributed by atoms with E-state index >= 15 is 0 Å². The molecule has 1 atom stereocenters. The molecule has 1 aromatic carbocycles. The molecule has 1 saturated heterocycles. The number of rotatable bonds is 4. The molecule has 2 fully saturated rings. The summed E-state index contributed by atoms with van der Waals surface area (Å²) in [5.74, 6) is 6.48. The summed E-state index contributed by atoms with van der Waals surface area (Å²) in [5.41, 5.74) is 2.41. The fraction of sp³-hybridized carbons (Fsp3) is 0.542. The van der Waals surface area contributed by atoms with Crippen molar-refractivity contribution in [3.05, 3.63) is 34.9 Å². The fourth-order valence-corrected chi connectivity index (χ4v) is 4.62. The van der Waals surface area contributed by atoms with Crippen LogP contribution in [-0.4, -0.2) is 41.2 Å². The number of amides is 3. The van der Waals surface area contributed by atoms with E-state index in [1.165, 1.54) is 25.7 Å². The summed E-state index contributed by atoms with van der Waals surface area (Å²) >= 11 is 0. The average Bonchev–Trinajstić information content (AvgIpc) is 3.05. The van der Waals surface area contributed by atoms with E-state index in [-0.39, 0.29) is 24.1 Å². The Kier molecular flexibility index (Phi) is 6.19. The maximum absolute atomic E-state index is 12.7.